The molecule has 0 aromatic carbocycles. The average molecular weight is 251 g/mol. The Morgan fingerprint density at radius 2 is 2.44 bits per heavy atom. The predicted octanol–water partition coefficient (Wildman–Crippen LogP) is 0.494. The Hall–Kier alpha value is -1.46. The van der Waals surface area contributed by atoms with Gasteiger partial charge < -0.3 is 15.8 Å². The molecule has 0 aliphatic rings. The first-order valence-electron chi connectivity index (χ1n) is 6.15. The summed E-state index contributed by atoms with van der Waals surface area (Å²) in [6.45, 7) is 1.22. The minimum absolute atomic E-state index is 0.102. The van der Waals surface area contributed by atoms with Crippen LogP contribution >= 0.6 is 0 Å². The van der Waals surface area contributed by atoms with Crippen LogP contribution in [0.3, 0.4) is 0 Å². The highest BCUT2D eigenvalue weighted by molar-refractivity contribution is 5.81. The molecule has 1 rings (SSSR count). The zero-order valence-corrected chi connectivity index (χ0v) is 10.8. The molecule has 5 nitrogen and oxygen atoms in total. The summed E-state index contributed by atoms with van der Waals surface area (Å²) in [7, 11) is 1.64. The molecule has 1 unspecified atom stereocenters. The SMILES string of the molecule is COCCCC(N)C(=O)NCCc1cccnc1. The molecular formula is C13H21N3O2. The molecule has 0 aliphatic heterocycles. The molecule has 0 fully saturated rings. The highest BCUT2D eigenvalue weighted by Crippen LogP contribution is 1.97. The Kier molecular flexibility index (Phi) is 6.98. The molecule has 0 bridgehead atoms. The Morgan fingerprint density at radius 3 is 3.11 bits per heavy atom. The maximum Gasteiger partial charge on any atom is 0.236 e. The van der Waals surface area contributed by atoms with Crippen molar-refractivity contribution in [2.75, 3.05) is 20.3 Å². The monoisotopic (exact) mass is 251 g/mol. The minimum atomic E-state index is -0.450. The van der Waals surface area contributed by atoms with E-state index in [-0.39, 0.29) is 5.91 Å². The van der Waals surface area contributed by atoms with Gasteiger partial charge >= 0.3 is 0 Å². The Bertz CT molecular complexity index is 343. The number of methoxy groups -OCH3 is 1. The lowest BCUT2D eigenvalue weighted by Crippen LogP contribution is -2.41. The van der Waals surface area contributed by atoms with Gasteiger partial charge in [-0.05, 0) is 30.9 Å². The molecule has 0 saturated carbocycles. The van der Waals surface area contributed by atoms with Gasteiger partial charge in [0.2, 0.25) is 5.91 Å². The Morgan fingerprint density at radius 1 is 1.61 bits per heavy atom. The van der Waals surface area contributed by atoms with Crippen LogP contribution in [-0.4, -0.2) is 37.2 Å². The number of ether oxygens (including phenoxy) is 1. The molecule has 1 heterocycles. The van der Waals surface area contributed by atoms with Gasteiger partial charge in [0.05, 0.1) is 6.04 Å². The van der Waals surface area contributed by atoms with Crippen LogP contribution in [0.4, 0.5) is 0 Å². The first-order valence-corrected chi connectivity index (χ1v) is 6.15. The lowest BCUT2D eigenvalue weighted by atomic mass is 10.1. The van der Waals surface area contributed by atoms with Crippen molar-refractivity contribution in [1.82, 2.24) is 10.3 Å². The van der Waals surface area contributed by atoms with Crippen molar-refractivity contribution < 1.29 is 9.53 Å². The van der Waals surface area contributed by atoms with E-state index in [1.807, 2.05) is 12.1 Å². The topological polar surface area (TPSA) is 77.2 Å². The summed E-state index contributed by atoms with van der Waals surface area (Å²) < 4.78 is 4.92. The maximum absolute atomic E-state index is 11.6. The molecule has 100 valence electrons. The lowest BCUT2D eigenvalue weighted by Gasteiger charge is -2.11. The minimum Gasteiger partial charge on any atom is -0.385 e. The number of rotatable bonds is 8. The highest BCUT2D eigenvalue weighted by Gasteiger charge is 2.11. The van der Waals surface area contributed by atoms with Crippen molar-refractivity contribution in [3.8, 4) is 0 Å². The lowest BCUT2D eigenvalue weighted by molar-refractivity contribution is -0.122. The number of pyridine rings is 1. The largest absolute Gasteiger partial charge is 0.385 e. The molecule has 18 heavy (non-hydrogen) atoms. The Labute approximate surface area is 108 Å². The zero-order chi connectivity index (χ0) is 13.2. The van der Waals surface area contributed by atoms with Gasteiger partial charge in [-0.1, -0.05) is 6.07 Å². The van der Waals surface area contributed by atoms with Crippen LogP contribution in [-0.2, 0) is 16.0 Å². The fourth-order valence-corrected chi connectivity index (χ4v) is 1.59. The summed E-state index contributed by atoms with van der Waals surface area (Å²) in [5.74, 6) is -0.102. The maximum atomic E-state index is 11.6. The number of carbonyl (C=O) groups excluding carboxylic acids is 1. The fourth-order valence-electron chi connectivity index (χ4n) is 1.59. The first kappa shape index (κ1) is 14.6. The fraction of sp³-hybridized carbons (Fsp3) is 0.538. The summed E-state index contributed by atoms with van der Waals surface area (Å²) in [5, 5.41) is 2.83. The average Bonchev–Trinajstić information content (AvgIpc) is 2.40. The quantitative estimate of drug-likeness (QED) is 0.659. The van der Waals surface area contributed by atoms with E-state index >= 15 is 0 Å². The summed E-state index contributed by atoms with van der Waals surface area (Å²) in [6, 6.07) is 3.42. The number of aromatic nitrogens is 1. The molecule has 1 amide bonds. The van der Waals surface area contributed by atoms with Crippen LogP contribution in [0, 0.1) is 0 Å². The third-order valence-electron chi connectivity index (χ3n) is 2.64. The molecule has 0 spiro atoms. The molecular weight excluding hydrogens is 230 g/mol. The van der Waals surface area contributed by atoms with Gasteiger partial charge in [-0.2, -0.15) is 0 Å². The van der Waals surface area contributed by atoms with E-state index < -0.39 is 6.04 Å². The molecule has 5 heteroatoms. The first-order chi connectivity index (χ1) is 8.74. The van der Waals surface area contributed by atoms with E-state index in [9.17, 15) is 4.79 Å². The van der Waals surface area contributed by atoms with E-state index in [0.29, 0.717) is 19.6 Å². The van der Waals surface area contributed by atoms with Crippen molar-refractivity contribution in [3.05, 3.63) is 30.1 Å². The van der Waals surface area contributed by atoms with Gasteiger partial charge in [-0.3, -0.25) is 9.78 Å². The van der Waals surface area contributed by atoms with Gasteiger partial charge in [0, 0.05) is 32.7 Å². The highest BCUT2D eigenvalue weighted by atomic mass is 16.5. The van der Waals surface area contributed by atoms with Gasteiger partial charge in [-0.25, -0.2) is 0 Å². The smallest absolute Gasteiger partial charge is 0.236 e. The van der Waals surface area contributed by atoms with E-state index in [1.54, 1.807) is 19.5 Å². The standard InChI is InChI=1S/C13H21N3O2/c1-18-9-3-5-12(14)13(17)16-8-6-11-4-2-7-15-10-11/h2,4,7,10,12H,3,5-6,8-9,14H2,1H3,(H,16,17). The van der Waals surface area contributed by atoms with Crippen LogP contribution in [0.15, 0.2) is 24.5 Å². The van der Waals surface area contributed by atoms with Gasteiger partial charge in [0.15, 0.2) is 0 Å². The number of nitrogens with zero attached hydrogens (tertiary/aromatic N) is 1. The van der Waals surface area contributed by atoms with Crippen LogP contribution in [0.1, 0.15) is 18.4 Å². The zero-order valence-electron chi connectivity index (χ0n) is 10.8. The number of amides is 1. The molecule has 1 aromatic heterocycles. The summed E-state index contributed by atoms with van der Waals surface area (Å²) >= 11 is 0. The number of hydrogen-bond donors (Lipinski definition) is 2. The van der Waals surface area contributed by atoms with Crippen LogP contribution in [0.25, 0.3) is 0 Å². The van der Waals surface area contributed by atoms with E-state index in [0.717, 1.165) is 18.4 Å². The molecule has 0 saturated heterocycles. The molecule has 0 radical (unpaired) electrons. The second-order valence-corrected chi connectivity index (χ2v) is 4.14. The molecule has 0 aliphatic carbocycles. The summed E-state index contributed by atoms with van der Waals surface area (Å²) in [6.07, 6.45) is 5.74. The predicted molar refractivity (Wildman–Crippen MR) is 70.0 cm³/mol. The third kappa shape index (κ3) is 5.75. The van der Waals surface area contributed by atoms with Crippen LogP contribution < -0.4 is 11.1 Å². The molecule has 3 N–H and O–H groups in total. The van der Waals surface area contributed by atoms with Gasteiger partial charge in [-0.15, -0.1) is 0 Å². The van der Waals surface area contributed by atoms with E-state index in [2.05, 4.69) is 10.3 Å². The van der Waals surface area contributed by atoms with Crippen LogP contribution in [0.2, 0.25) is 0 Å². The number of hydrogen-bond acceptors (Lipinski definition) is 4. The van der Waals surface area contributed by atoms with Gasteiger partial charge in [0.25, 0.3) is 0 Å². The second kappa shape index (κ2) is 8.60. The van der Waals surface area contributed by atoms with Crippen molar-refractivity contribution in [3.63, 3.8) is 0 Å². The Balaban J connectivity index is 2.16. The van der Waals surface area contributed by atoms with E-state index in [4.69, 9.17) is 10.5 Å². The van der Waals surface area contributed by atoms with Crippen molar-refractivity contribution in [2.24, 2.45) is 5.73 Å². The van der Waals surface area contributed by atoms with Gasteiger partial charge in [0.1, 0.15) is 0 Å². The normalized spacial score (nSPS) is 12.1. The van der Waals surface area contributed by atoms with Crippen LogP contribution in [0.5, 0.6) is 0 Å². The number of nitrogens with two attached hydrogens (primary N) is 1. The molecule has 1 aromatic rings. The van der Waals surface area contributed by atoms with Crippen molar-refractivity contribution in [2.45, 2.75) is 25.3 Å². The van der Waals surface area contributed by atoms with Crippen molar-refractivity contribution in [1.29, 1.82) is 0 Å². The third-order valence-corrected chi connectivity index (χ3v) is 2.64. The van der Waals surface area contributed by atoms with E-state index in [1.165, 1.54) is 0 Å². The summed E-state index contributed by atoms with van der Waals surface area (Å²) in [5.41, 5.74) is 6.86. The second-order valence-electron chi connectivity index (χ2n) is 4.14. The number of carbonyl (C=O) groups is 1. The number of nitrogens with one attached hydrogen (secondary N) is 1. The summed E-state index contributed by atoms with van der Waals surface area (Å²) in [4.78, 5) is 15.7. The van der Waals surface area contributed by atoms with Crippen molar-refractivity contribution >= 4 is 5.91 Å². The molecule has 1 atom stereocenters.